The maximum Gasteiger partial charge on any atom is 0.306 e. The molecule has 0 bridgehead atoms. The van der Waals surface area contributed by atoms with Crippen molar-refractivity contribution in [3.8, 4) is 0 Å². The number of esters is 1. The van der Waals surface area contributed by atoms with Gasteiger partial charge in [0, 0.05) is 6.42 Å². The lowest BCUT2D eigenvalue weighted by atomic mass is 10.0. The molecule has 0 saturated carbocycles. The lowest BCUT2D eigenvalue weighted by molar-refractivity contribution is -0.150. The van der Waals surface area contributed by atoms with Crippen molar-refractivity contribution in [1.82, 2.24) is 5.32 Å². The number of amides is 1. The van der Waals surface area contributed by atoms with E-state index >= 15 is 0 Å². The van der Waals surface area contributed by atoms with Gasteiger partial charge in [-0.3, -0.25) is 9.59 Å². The molecular formula is C60H105NO5. The minimum atomic E-state index is -0.808. The van der Waals surface area contributed by atoms with E-state index in [1.807, 2.05) is 6.08 Å². The van der Waals surface area contributed by atoms with Crippen molar-refractivity contribution in [2.75, 3.05) is 6.61 Å². The molecule has 0 aliphatic heterocycles. The first-order valence-corrected chi connectivity index (χ1v) is 27.8. The average Bonchev–Trinajstić information content (AvgIpc) is 3.31. The van der Waals surface area contributed by atoms with Gasteiger partial charge in [0.25, 0.3) is 0 Å². The molecule has 0 aromatic heterocycles. The van der Waals surface area contributed by atoms with Gasteiger partial charge in [-0.15, -0.1) is 0 Å². The molecule has 3 unspecified atom stereocenters. The highest BCUT2D eigenvalue weighted by atomic mass is 16.5. The number of carbonyl (C=O) groups excluding carboxylic acids is 2. The molecule has 0 aliphatic carbocycles. The van der Waals surface area contributed by atoms with Crippen LogP contribution in [0.15, 0.2) is 85.1 Å². The number of ether oxygens (including phenoxy) is 1. The van der Waals surface area contributed by atoms with Crippen molar-refractivity contribution in [3.05, 3.63) is 85.1 Å². The van der Waals surface area contributed by atoms with Crippen molar-refractivity contribution < 1.29 is 24.5 Å². The Balaban J connectivity index is 4.72. The number of carbonyl (C=O) groups is 2. The molecule has 6 heteroatoms. The maximum atomic E-state index is 13.2. The van der Waals surface area contributed by atoms with Crippen LogP contribution in [0.1, 0.15) is 258 Å². The summed E-state index contributed by atoms with van der Waals surface area (Å²) >= 11 is 0. The lowest BCUT2D eigenvalue weighted by Gasteiger charge is -2.24. The summed E-state index contributed by atoms with van der Waals surface area (Å²) in [5, 5.41) is 23.8. The van der Waals surface area contributed by atoms with E-state index < -0.39 is 18.2 Å². The van der Waals surface area contributed by atoms with Gasteiger partial charge in [0.15, 0.2) is 0 Å². The average molecular weight is 921 g/mol. The summed E-state index contributed by atoms with van der Waals surface area (Å²) in [6, 6.07) is -0.725. The topological polar surface area (TPSA) is 95.9 Å². The van der Waals surface area contributed by atoms with Crippen LogP contribution in [0.2, 0.25) is 0 Å². The smallest absolute Gasteiger partial charge is 0.306 e. The van der Waals surface area contributed by atoms with Gasteiger partial charge in [-0.1, -0.05) is 241 Å². The van der Waals surface area contributed by atoms with E-state index in [1.54, 1.807) is 0 Å². The molecule has 0 aromatic carbocycles. The Morgan fingerprint density at radius 3 is 1.26 bits per heavy atom. The van der Waals surface area contributed by atoms with Crippen LogP contribution in [0.3, 0.4) is 0 Å². The van der Waals surface area contributed by atoms with E-state index in [-0.39, 0.29) is 31.3 Å². The summed E-state index contributed by atoms with van der Waals surface area (Å²) in [5.41, 5.74) is 0. The fourth-order valence-corrected chi connectivity index (χ4v) is 8.04. The van der Waals surface area contributed by atoms with Crippen molar-refractivity contribution in [2.24, 2.45) is 0 Å². The fraction of sp³-hybridized carbons (Fsp3) is 0.733. The van der Waals surface area contributed by atoms with Crippen molar-refractivity contribution in [3.63, 3.8) is 0 Å². The quantitative estimate of drug-likeness (QED) is 0.0321. The van der Waals surface area contributed by atoms with Gasteiger partial charge in [0.1, 0.15) is 6.10 Å². The summed E-state index contributed by atoms with van der Waals surface area (Å²) in [7, 11) is 0. The van der Waals surface area contributed by atoms with Gasteiger partial charge in [-0.2, -0.15) is 0 Å². The number of unbranched alkanes of at least 4 members (excludes halogenated alkanes) is 23. The van der Waals surface area contributed by atoms with Gasteiger partial charge in [0.05, 0.1) is 25.2 Å². The van der Waals surface area contributed by atoms with E-state index in [0.717, 1.165) is 89.9 Å². The van der Waals surface area contributed by atoms with Crippen molar-refractivity contribution in [2.45, 2.75) is 277 Å². The monoisotopic (exact) mass is 920 g/mol. The van der Waals surface area contributed by atoms with Crippen LogP contribution in [-0.2, 0) is 14.3 Å². The van der Waals surface area contributed by atoms with Crippen LogP contribution in [0, 0.1) is 0 Å². The molecule has 0 rings (SSSR count). The Bertz CT molecular complexity index is 1260. The van der Waals surface area contributed by atoms with E-state index in [0.29, 0.717) is 19.3 Å². The molecule has 1 amide bonds. The molecule has 0 aromatic rings. The van der Waals surface area contributed by atoms with E-state index in [9.17, 15) is 19.8 Å². The van der Waals surface area contributed by atoms with Gasteiger partial charge in [0.2, 0.25) is 5.91 Å². The summed E-state index contributed by atoms with van der Waals surface area (Å²) in [4.78, 5) is 26.2. The molecule has 0 fully saturated rings. The molecule has 0 spiro atoms. The van der Waals surface area contributed by atoms with Gasteiger partial charge >= 0.3 is 5.97 Å². The summed E-state index contributed by atoms with van der Waals surface area (Å²) in [6.07, 6.45) is 69.4. The highest BCUT2D eigenvalue weighted by molar-refractivity contribution is 5.77. The molecule has 0 saturated heterocycles. The standard InChI is InChI=1S/C60H105NO5/c1-4-7-10-13-16-19-22-25-27-29-30-31-33-35-38-41-44-47-50-53-60(65)66-56(51-48-45-42-39-36-34-32-28-26-23-20-17-14-11-8-5-2)54-59(64)61-57(55-62)58(63)52-49-46-43-40-37-24-21-18-15-12-9-6-3/h7,10,16,19,25,27,30-31,34-36,38,44,47,56-58,62-63H,4-6,8-9,11-15,17-18,20-24,26,28-29,32-33,37,39-43,45-46,48-55H2,1-3H3,(H,61,64)/b10-7-,19-16-,27-25-,31-30-,36-34+,38-35-,47-44-. The predicted molar refractivity (Wildman–Crippen MR) is 287 cm³/mol. The molecule has 6 nitrogen and oxygen atoms in total. The van der Waals surface area contributed by atoms with E-state index in [1.165, 1.54) is 116 Å². The van der Waals surface area contributed by atoms with E-state index in [2.05, 4.69) is 105 Å². The third kappa shape index (κ3) is 47.5. The number of rotatable bonds is 49. The highest BCUT2D eigenvalue weighted by Crippen LogP contribution is 2.17. The Kier molecular flexibility index (Phi) is 50.6. The number of aliphatic hydroxyl groups excluding tert-OH is 2. The van der Waals surface area contributed by atoms with Crippen LogP contribution >= 0.6 is 0 Å². The van der Waals surface area contributed by atoms with Gasteiger partial charge < -0.3 is 20.3 Å². The molecular weight excluding hydrogens is 815 g/mol. The first-order valence-electron chi connectivity index (χ1n) is 27.8. The third-order valence-electron chi connectivity index (χ3n) is 12.2. The van der Waals surface area contributed by atoms with Crippen LogP contribution in [0.5, 0.6) is 0 Å². The summed E-state index contributed by atoms with van der Waals surface area (Å²) in [6.45, 7) is 6.36. The Morgan fingerprint density at radius 2 is 0.818 bits per heavy atom. The first kappa shape index (κ1) is 63.0. The molecule has 380 valence electrons. The van der Waals surface area contributed by atoms with Gasteiger partial charge in [-0.05, 0) is 89.9 Å². The number of aliphatic hydroxyl groups is 2. The van der Waals surface area contributed by atoms with Crippen molar-refractivity contribution >= 4 is 11.9 Å². The summed E-state index contributed by atoms with van der Waals surface area (Å²) < 4.78 is 5.90. The highest BCUT2D eigenvalue weighted by Gasteiger charge is 2.24. The second-order valence-electron chi connectivity index (χ2n) is 18.6. The molecule has 0 radical (unpaired) electrons. The largest absolute Gasteiger partial charge is 0.462 e. The first-order chi connectivity index (χ1) is 32.5. The van der Waals surface area contributed by atoms with Crippen molar-refractivity contribution in [1.29, 1.82) is 0 Å². The molecule has 3 N–H and O–H groups in total. The Morgan fingerprint density at radius 1 is 0.455 bits per heavy atom. The lowest BCUT2D eigenvalue weighted by Crippen LogP contribution is -2.46. The zero-order chi connectivity index (χ0) is 48.1. The van der Waals surface area contributed by atoms with E-state index in [4.69, 9.17) is 4.74 Å². The number of hydrogen-bond acceptors (Lipinski definition) is 5. The summed E-state index contributed by atoms with van der Waals surface area (Å²) in [5.74, 6) is -0.588. The predicted octanol–water partition coefficient (Wildman–Crippen LogP) is 17.1. The van der Waals surface area contributed by atoms with Crippen LogP contribution in [-0.4, -0.2) is 46.9 Å². The third-order valence-corrected chi connectivity index (χ3v) is 12.2. The molecule has 3 atom stereocenters. The number of allylic oxidation sites excluding steroid dienone is 14. The normalized spacial score (nSPS) is 13.8. The second kappa shape index (κ2) is 53.0. The van der Waals surface area contributed by atoms with Gasteiger partial charge in [-0.25, -0.2) is 0 Å². The Hall–Kier alpha value is -2.96. The SMILES string of the molecule is CC/C=C\C/C=C\C/C=C\C/C=C\C/C=C\C/C=C\CCC(=O)OC(CCCCC/C=C/CCCCCCCCCCC)CC(=O)NC(CO)C(O)CCCCCCCCCCCCCC. The van der Waals surface area contributed by atoms with Crippen LogP contribution in [0.4, 0.5) is 0 Å². The zero-order valence-electron chi connectivity index (χ0n) is 43.3. The number of hydrogen-bond donors (Lipinski definition) is 3. The minimum Gasteiger partial charge on any atom is -0.462 e. The fourth-order valence-electron chi connectivity index (χ4n) is 8.04. The molecule has 0 heterocycles. The molecule has 0 aliphatic rings. The second-order valence-corrected chi connectivity index (χ2v) is 18.6. The minimum absolute atomic E-state index is 0.0338. The zero-order valence-corrected chi connectivity index (χ0v) is 43.3. The van der Waals surface area contributed by atoms with Crippen LogP contribution < -0.4 is 5.32 Å². The Labute approximate surface area is 408 Å². The maximum absolute atomic E-state index is 13.2. The van der Waals surface area contributed by atoms with Crippen LogP contribution in [0.25, 0.3) is 0 Å². The number of nitrogens with one attached hydrogen (secondary N) is 1. The molecule has 66 heavy (non-hydrogen) atoms.